The minimum atomic E-state index is -2.06. The van der Waals surface area contributed by atoms with Crippen molar-refractivity contribution in [1.29, 1.82) is 0 Å². The smallest absolute Gasteiger partial charge is 0.407 e. The van der Waals surface area contributed by atoms with E-state index in [1.165, 1.54) is 12.2 Å². The first kappa shape index (κ1) is 60.1. The van der Waals surface area contributed by atoms with E-state index >= 15 is 4.39 Å². The average molecular weight is 1100 g/mol. The maximum atomic E-state index is 17.5. The Balaban J connectivity index is 0.607. The molecule has 80 heavy (non-hydrogen) atoms. The van der Waals surface area contributed by atoms with Gasteiger partial charge in [-0.1, -0.05) is 127 Å². The average Bonchev–Trinajstić information content (AvgIpc) is 3.35. The zero-order valence-corrected chi connectivity index (χ0v) is 48.0. The number of carbonyl (C=O) groups excluding carboxylic acids is 5. The first-order chi connectivity index (χ1) is 38.5. The third-order valence-electron chi connectivity index (χ3n) is 19.0. The van der Waals surface area contributed by atoms with Crippen molar-refractivity contribution >= 4 is 62.5 Å². The van der Waals surface area contributed by atoms with Crippen molar-refractivity contribution in [2.45, 2.75) is 193 Å². The Hall–Kier alpha value is -5.99. The van der Waals surface area contributed by atoms with Gasteiger partial charge in [0.15, 0.2) is 18.1 Å². The van der Waals surface area contributed by atoms with Gasteiger partial charge in [-0.3, -0.25) is 19.2 Å². The predicted octanol–water partition coefficient (Wildman–Crippen LogP) is 12.3. The predicted molar refractivity (Wildman–Crippen MR) is 314 cm³/mol. The molecule has 1 heterocycles. The van der Waals surface area contributed by atoms with Crippen LogP contribution in [0.3, 0.4) is 0 Å². The number of unbranched alkanes of at least 4 members (excludes halogenated alkanes) is 14. The number of nitrogens with one attached hydrogen (secondary N) is 3. The molecule has 8 rings (SSSR count). The number of halogens is 1. The normalized spacial score (nSPS) is 25.8. The number of aliphatic hydroxyl groups excluding tert-OH is 1. The summed E-state index contributed by atoms with van der Waals surface area (Å²) in [6, 6.07) is 22.7. The van der Waals surface area contributed by atoms with E-state index in [4.69, 9.17) is 10.5 Å². The van der Waals surface area contributed by atoms with E-state index in [1.807, 2.05) is 24.3 Å². The first-order valence-corrected chi connectivity index (χ1v) is 30.2. The van der Waals surface area contributed by atoms with Crippen molar-refractivity contribution in [3.8, 4) is 11.3 Å². The molecule has 3 amide bonds. The number of aliphatic hydroxyl groups is 2. The number of fused-ring (bicyclic) bond motifs is 8. The highest BCUT2D eigenvalue weighted by Gasteiger charge is 2.75. The number of ether oxygens (including phenoxy) is 1. The number of allylic oxidation sites excluding steroid dienone is 4. The van der Waals surface area contributed by atoms with Crippen molar-refractivity contribution in [3.63, 3.8) is 0 Å². The molecule has 0 spiro atoms. The number of hydrogen-bond donors (Lipinski definition) is 6. The molecule has 3 fully saturated rings. The number of hydrogen-bond acceptors (Lipinski definition) is 9. The summed E-state index contributed by atoms with van der Waals surface area (Å²) in [5.74, 6) is -2.24. The largest absolute Gasteiger partial charge is 0.441 e. The molecule has 0 radical (unpaired) electrons. The highest BCUT2D eigenvalue weighted by Crippen LogP contribution is 2.70. The van der Waals surface area contributed by atoms with Crippen LogP contribution in [-0.2, 0) is 30.5 Å². The van der Waals surface area contributed by atoms with Crippen LogP contribution in [0.5, 0.6) is 0 Å². The van der Waals surface area contributed by atoms with Crippen molar-refractivity contribution in [2.75, 3.05) is 30.7 Å². The molecule has 14 heteroatoms. The Bertz CT molecular complexity index is 2930. The summed E-state index contributed by atoms with van der Waals surface area (Å²) in [5.41, 5.74) is 5.48. The lowest BCUT2D eigenvalue weighted by molar-refractivity contribution is -0.655. The number of carbonyl (C=O) groups is 5. The van der Waals surface area contributed by atoms with Crippen LogP contribution in [0.1, 0.15) is 169 Å². The number of Topliss-reactive ketones (excluding diaryl/α,β-unsaturated/α-hetero) is 1. The fraction of sp³-hybridized carbons (Fsp3) is 0.576. The summed E-state index contributed by atoms with van der Waals surface area (Å²) in [6.07, 6.45) is 20.8. The maximum absolute atomic E-state index is 17.5. The van der Waals surface area contributed by atoms with Crippen LogP contribution in [0, 0.1) is 28.6 Å². The molecule has 8 atom stereocenters. The summed E-state index contributed by atoms with van der Waals surface area (Å²) in [5, 5.41) is 36.1. The molecule has 1 aromatic heterocycles. The molecule has 7 N–H and O–H groups in total. The molecule has 5 unspecified atom stereocenters. The van der Waals surface area contributed by atoms with E-state index < -0.39 is 64.4 Å². The standard InChI is InChI=1S/C66H88FN5O8/c1-5-72-56-41-48(68)30-32-52(56)51-33-31-49(42-53(51)61(72)46-25-19-18-20-26-46)71-60(77)28-22-15-11-7-8-12-16-23-37-69-59(76)27-21-14-10-6-9-13-17-24-38-70-62(78)80-44-58(75)66(79)45(2)39-55-54-34-29-47-40-50(73)35-36-63(47,3)65(54,67)57(74)43-64(55,66)4/h18-20,25-26,30-33,35-36,40-42,45,54-55,57,68,74,79H,5-17,21-24,27-29,34,37-39,43-44H2,1-4H3,(H3,69,70,71,76,77,78)/p+1/t45-,54?,55?,57?,63?,64?,65+,66+/m1/s1. The highest BCUT2D eigenvalue weighted by atomic mass is 19.1. The Labute approximate surface area is 473 Å². The molecule has 432 valence electrons. The van der Waals surface area contributed by atoms with E-state index in [0.717, 1.165) is 160 Å². The lowest BCUT2D eigenvalue weighted by Gasteiger charge is -2.62. The SMILES string of the molecule is CC[n+]1c(-c2ccccc2)c2cc(NC(=O)CCCCCCCCCCNC(=O)CCCCCCCCCCNC(=O)OCC(=O)[C@@]3(O)[C@H](C)CC4C5CCC6=CC(=O)C=CC6(C)[C@@]5(F)C(O)CC43C)ccc2c2ccc(N)cc21. The highest BCUT2D eigenvalue weighted by molar-refractivity contribution is 6.11. The number of nitrogens with two attached hydrogens (primary N) is 1. The van der Waals surface area contributed by atoms with Crippen molar-refractivity contribution in [1.82, 2.24) is 10.6 Å². The van der Waals surface area contributed by atoms with Gasteiger partial charge in [-0.15, -0.1) is 0 Å². The maximum Gasteiger partial charge on any atom is 0.407 e. The molecule has 4 aliphatic carbocycles. The van der Waals surface area contributed by atoms with Gasteiger partial charge < -0.3 is 36.6 Å². The molecule has 3 aromatic carbocycles. The van der Waals surface area contributed by atoms with E-state index in [9.17, 15) is 34.2 Å². The second-order valence-corrected chi connectivity index (χ2v) is 24.1. The Morgan fingerprint density at radius 2 is 1.38 bits per heavy atom. The van der Waals surface area contributed by atoms with Crippen LogP contribution in [-0.4, -0.2) is 76.8 Å². The van der Waals surface area contributed by atoms with Crippen LogP contribution < -0.4 is 26.3 Å². The Kier molecular flexibility index (Phi) is 20.1. The number of nitrogen functional groups attached to an aromatic ring is 1. The van der Waals surface area contributed by atoms with Gasteiger partial charge in [0.05, 0.1) is 16.9 Å². The molecule has 4 aliphatic rings. The van der Waals surface area contributed by atoms with Crippen LogP contribution in [0.4, 0.5) is 20.6 Å². The van der Waals surface area contributed by atoms with Crippen molar-refractivity contribution in [3.05, 3.63) is 90.5 Å². The Morgan fingerprint density at radius 3 is 2.04 bits per heavy atom. The van der Waals surface area contributed by atoms with Gasteiger partial charge in [0.25, 0.3) is 0 Å². The van der Waals surface area contributed by atoms with E-state index in [2.05, 4.69) is 69.9 Å². The van der Waals surface area contributed by atoms with Gasteiger partial charge in [0.1, 0.15) is 12.1 Å². The number of anilines is 2. The minimum Gasteiger partial charge on any atom is -0.441 e. The quantitative estimate of drug-likeness (QED) is 0.0139. The molecule has 4 aromatic rings. The van der Waals surface area contributed by atoms with Gasteiger partial charge in [-0.05, 0) is 126 Å². The fourth-order valence-corrected chi connectivity index (χ4v) is 14.7. The van der Waals surface area contributed by atoms with Gasteiger partial charge >= 0.3 is 6.09 Å². The number of alkyl halides is 1. The molecule has 0 bridgehead atoms. The van der Waals surface area contributed by atoms with E-state index in [0.29, 0.717) is 44.2 Å². The summed E-state index contributed by atoms with van der Waals surface area (Å²) >= 11 is 0. The topological polar surface area (TPSA) is 201 Å². The van der Waals surface area contributed by atoms with Crippen LogP contribution in [0.25, 0.3) is 32.9 Å². The second-order valence-electron chi connectivity index (χ2n) is 24.1. The van der Waals surface area contributed by atoms with Crippen LogP contribution in [0.15, 0.2) is 90.5 Å². The van der Waals surface area contributed by atoms with Gasteiger partial charge in [0.2, 0.25) is 28.8 Å². The second kappa shape index (κ2) is 26.7. The number of benzene rings is 3. The number of alkyl carbamates (subject to hydrolysis) is 1. The Morgan fingerprint density at radius 1 is 0.762 bits per heavy atom. The molecule has 0 saturated heterocycles. The lowest BCUT2D eigenvalue weighted by atomic mass is 9.44. The number of rotatable bonds is 28. The molecular weight excluding hydrogens is 1010 g/mol. The number of aromatic nitrogens is 1. The molecule has 0 aliphatic heterocycles. The lowest BCUT2D eigenvalue weighted by Crippen LogP contribution is -2.69. The van der Waals surface area contributed by atoms with Crippen molar-refractivity contribution < 1.29 is 47.9 Å². The van der Waals surface area contributed by atoms with Gasteiger partial charge in [0, 0.05) is 71.1 Å². The van der Waals surface area contributed by atoms with Crippen molar-refractivity contribution in [2.24, 2.45) is 28.6 Å². The van der Waals surface area contributed by atoms with Crippen LogP contribution in [0.2, 0.25) is 0 Å². The molecule has 13 nitrogen and oxygen atoms in total. The zero-order valence-electron chi connectivity index (χ0n) is 48.0. The van der Waals surface area contributed by atoms with Gasteiger partial charge in [-0.2, -0.15) is 4.57 Å². The van der Waals surface area contributed by atoms with E-state index in [1.54, 1.807) is 26.8 Å². The number of nitrogens with zero attached hydrogens (tertiary/aromatic N) is 1. The third-order valence-corrected chi connectivity index (χ3v) is 19.0. The minimum absolute atomic E-state index is 0.0381. The number of aryl methyl sites for hydroxylation is 1. The summed E-state index contributed by atoms with van der Waals surface area (Å²) < 4.78 is 25.1. The summed E-state index contributed by atoms with van der Waals surface area (Å²) in [6.45, 7) is 8.70. The summed E-state index contributed by atoms with van der Waals surface area (Å²) in [7, 11) is 0. The van der Waals surface area contributed by atoms with E-state index in [-0.39, 0.29) is 24.0 Å². The molecule has 3 saturated carbocycles. The third kappa shape index (κ3) is 12.7. The monoisotopic (exact) mass is 1100 g/mol. The molecular formula is C66H89FN5O8+. The van der Waals surface area contributed by atoms with Crippen LogP contribution >= 0.6 is 0 Å². The number of pyridine rings is 1. The fourth-order valence-electron chi connectivity index (χ4n) is 14.7. The van der Waals surface area contributed by atoms with Gasteiger partial charge in [-0.25, -0.2) is 9.18 Å². The first-order valence-electron chi connectivity index (χ1n) is 30.2. The number of ketones is 2. The summed E-state index contributed by atoms with van der Waals surface area (Å²) in [4.78, 5) is 64.0. The number of amides is 3. The zero-order chi connectivity index (χ0) is 57.1.